The van der Waals surface area contributed by atoms with Gasteiger partial charge < -0.3 is 20.3 Å². The minimum absolute atomic E-state index is 0.110. The Morgan fingerprint density at radius 2 is 2.00 bits per heavy atom. The lowest BCUT2D eigenvalue weighted by Crippen LogP contribution is -2.40. The molecule has 6 heteroatoms. The van der Waals surface area contributed by atoms with Gasteiger partial charge in [0, 0.05) is 30.3 Å². The summed E-state index contributed by atoms with van der Waals surface area (Å²) >= 11 is 11.8. The molecule has 0 aromatic heterocycles. The van der Waals surface area contributed by atoms with Crippen LogP contribution in [0.2, 0.25) is 10.0 Å². The van der Waals surface area contributed by atoms with E-state index in [1.54, 1.807) is 18.2 Å². The molecule has 0 amide bonds. The molecule has 0 radical (unpaired) electrons. The standard InChI is InChI=1S/C14H21Cl2NO3/c1-9(7-18)10(2)17-6-12(19)8-20-14-5-11(15)3-4-13(14)16/h3-5,9-10,12,17-19H,6-8H2,1-2H3. The van der Waals surface area contributed by atoms with E-state index in [9.17, 15) is 5.11 Å². The van der Waals surface area contributed by atoms with Crippen LogP contribution >= 0.6 is 23.2 Å². The first-order valence-electron chi connectivity index (χ1n) is 6.54. The van der Waals surface area contributed by atoms with E-state index in [4.69, 9.17) is 33.0 Å². The number of rotatable bonds is 8. The molecule has 0 fully saturated rings. The van der Waals surface area contributed by atoms with Gasteiger partial charge in [-0.2, -0.15) is 0 Å². The molecule has 0 heterocycles. The Morgan fingerprint density at radius 1 is 1.30 bits per heavy atom. The van der Waals surface area contributed by atoms with Crippen LogP contribution < -0.4 is 10.1 Å². The Balaban J connectivity index is 2.36. The van der Waals surface area contributed by atoms with Crippen molar-refractivity contribution in [1.29, 1.82) is 0 Å². The number of aliphatic hydroxyl groups excluding tert-OH is 2. The molecule has 0 saturated carbocycles. The topological polar surface area (TPSA) is 61.7 Å². The molecule has 1 aromatic carbocycles. The molecule has 0 bridgehead atoms. The monoisotopic (exact) mass is 321 g/mol. The fourth-order valence-electron chi connectivity index (χ4n) is 1.51. The number of hydrogen-bond donors (Lipinski definition) is 3. The third-order valence-electron chi connectivity index (χ3n) is 3.14. The predicted molar refractivity (Wildman–Crippen MR) is 81.7 cm³/mol. The highest BCUT2D eigenvalue weighted by molar-refractivity contribution is 6.34. The van der Waals surface area contributed by atoms with E-state index in [1.807, 2.05) is 13.8 Å². The van der Waals surface area contributed by atoms with Crippen molar-refractivity contribution in [2.75, 3.05) is 19.8 Å². The zero-order chi connectivity index (χ0) is 15.1. The minimum Gasteiger partial charge on any atom is -0.489 e. The molecule has 0 aliphatic heterocycles. The third-order valence-corrected chi connectivity index (χ3v) is 3.69. The third kappa shape index (κ3) is 5.85. The highest BCUT2D eigenvalue weighted by Crippen LogP contribution is 2.27. The predicted octanol–water partition coefficient (Wildman–Crippen LogP) is 2.34. The number of halogens is 2. The first kappa shape index (κ1) is 17.5. The molecule has 1 rings (SSSR count). The van der Waals surface area contributed by atoms with Crippen LogP contribution in [-0.4, -0.2) is 42.1 Å². The Morgan fingerprint density at radius 3 is 2.65 bits per heavy atom. The van der Waals surface area contributed by atoms with Gasteiger partial charge in [-0.1, -0.05) is 30.1 Å². The molecule has 3 N–H and O–H groups in total. The summed E-state index contributed by atoms with van der Waals surface area (Å²) in [6.07, 6.45) is -0.668. The zero-order valence-electron chi connectivity index (χ0n) is 11.6. The van der Waals surface area contributed by atoms with Gasteiger partial charge >= 0.3 is 0 Å². The van der Waals surface area contributed by atoms with Crippen LogP contribution in [-0.2, 0) is 0 Å². The minimum atomic E-state index is -0.668. The maximum atomic E-state index is 9.85. The van der Waals surface area contributed by atoms with Gasteiger partial charge in [-0.3, -0.25) is 0 Å². The first-order valence-corrected chi connectivity index (χ1v) is 7.29. The van der Waals surface area contributed by atoms with Crippen molar-refractivity contribution in [3.05, 3.63) is 28.2 Å². The summed E-state index contributed by atoms with van der Waals surface area (Å²) in [4.78, 5) is 0. The molecule has 20 heavy (non-hydrogen) atoms. The van der Waals surface area contributed by atoms with Crippen molar-refractivity contribution in [2.24, 2.45) is 5.92 Å². The van der Waals surface area contributed by atoms with Gasteiger partial charge in [-0.05, 0) is 25.0 Å². The number of nitrogens with one attached hydrogen (secondary N) is 1. The summed E-state index contributed by atoms with van der Waals surface area (Å²) < 4.78 is 5.44. The van der Waals surface area contributed by atoms with Crippen LogP contribution in [0.25, 0.3) is 0 Å². The molecule has 0 aliphatic carbocycles. The molecule has 114 valence electrons. The number of ether oxygens (including phenoxy) is 1. The van der Waals surface area contributed by atoms with Crippen molar-refractivity contribution in [3.63, 3.8) is 0 Å². The molecule has 0 saturated heterocycles. The second-order valence-electron chi connectivity index (χ2n) is 4.90. The van der Waals surface area contributed by atoms with Gasteiger partial charge in [0.05, 0.1) is 5.02 Å². The van der Waals surface area contributed by atoms with Gasteiger partial charge in [-0.25, -0.2) is 0 Å². The van der Waals surface area contributed by atoms with Crippen LogP contribution in [0.5, 0.6) is 5.75 Å². The smallest absolute Gasteiger partial charge is 0.139 e. The van der Waals surface area contributed by atoms with Gasteiger partial charge in [0.25, 0.3) is 0 Å². The zero-order valence-corrected chi connectivity index (χ0v) is 13.2. The van der Waals surface area contributed by atoms with E-state index in [1.165, 1.54) is 0 Å². The van der Waals surface area contributed by atoms with Crippen molar-refractivity contribution in [2.45, 2.75) is 26.0 Å². The van der Waals surface area contributed by atoms with Crippen LogP contribution in [0.3, 0.4) is 0 Å². The van der Waals surface area contributed by atoms with Gasteiger partial charge in [0.15, 0.2) is 0 Å². The molecule has 4 nitrogen and oxygen atoms in total. The SMILES string of the molecule is CC(CO)C(C)NCC(O)COc1cc(Cl)ccc1Cl. The summed E-state index contributed by atoms with van der Waals surface area (Å²) in [5, 5.41) is 23.0. The van der Waals surface area contributed by atoms with E-state index in [0.717, 1.165) is 0 Å². The maximum Gasteiger partial charge on any atom is 0.139 e. The highest BCUT2D eigenvalue weighted by Gasteiger charge is 2.13. The Labute approximate surface area is 129 Å². The Kier molecular flexibility index (Phi) is 7.62. The van der Waals surface area contributed by atoms with Crippen molar-refractivity contribution >= 4 is 23.2 Å². The average molecular weight is 322 g/mol. The van der Waals surface area contributed by atoms with E-state index in [0.29, 0.717) is 22.3 Å². The second kappa shape index (κ2) is 8.70. The van der Waals surface area contributed by atoms with Crippen LogP contribution in [0, 0.1) is 5.92 Å². The van der Waals surface area contributed by atoms with Crippen molar-refractivity contribution in [3.8, 4) is 5.75 Å². The highest BCUT2D eigenvalue weighted by atomic mass is 35.5. The van der Waals surface area contributed by atoms with Crippen molar-refractivity contribution in [1.82, 2.24) is 5.32 Å². The largest absolute Gasteiger partial charge is 0.489 e. The normalized spacial score (nSPS) is 15.7. The molecule has 3 atom stereocenters. The van der Waals surface area contributed by atoms with Crippen LogP contribution in [0.1, 0.15) is 13.8 Å². The van der Waals surface area contributed by atoms with Crippen LogP contribution in [0.15, 0.2) is 18.2 Å². The van der Waals surface area contributed by atoms with E-state index < -0.39 is 6.10 Å². The molecular formula is C14H21Cl2NO3. The quantitative estimate of drug-likeness (QED) is 0.687. The lowest BCUT2D eigenvalue weighted by atomic mass is 10.1. The summed E-state index contributed by atoms with van der Waals surface area (Å²) in [6, 6.07) is 5.05. The Bertz CT molecular complexity index is 417. The summed E-state index contributed by atoms with van der Waals surface area (Å²) in [7, 11) is 0. The lowest BCUT2D eigenvalue weighted by Gasteiger charge is -2.21. The van der Waals surface area contributed by atoms with Crippen LogP contribution in [0.4, 0.5) is 0 Å². The number of aliphatic hydroxyl groups is 2. The molecule has 0 spiro atoms. The number of hydrogen-bond acceptors (Lipinski definition) is 4. The van der Waals surface area contributed by atoms with Gasteiger partial charge in [0.1, 0.15) is 18.5 Å². The Hall–Kier alpha value is -0.520. The first-order chi connectivity index (χ1) is 9.43. The van der Waals surface area contributed by atoms with Crippen molar-refractivity contribution < 1.29 is 14.9 Å². The number of benzene rings is 1. The molecule has 3 unspecified atom stereocenters. The molecular weight excluding hydrogens is 301 g/mol. The fourth-order valence-corrected chi connectivity index (χ4v) is 1.85. The maximum absolute atomic E-state index is 9.85. The fraction of sp³-hybridized carbons (Fsp3) is 0.571. The van der Waals surface area contributed by atoms with Gasteiger partial charge in [0.2, 0.25) is 0 Å². The van der Waals surface area contributed by atoms with E-state index in [-0.39, 0.29) is 25.2 Å². The molecule has 0 aliphatic rings. The molecule has 1 aromatic rings. The van der Waals surface area contributed by atoms with E-state index >= 15 is 0 Å². The summed E-state index contributed by atoms with van der Waals surface area (Å²) in [6.45, 7) is 4.50. The average Bonchev–Trinajstić information content (AvgIpc) is 2.44. The lowest BCUT2D eigenvalue weighted by molar-refractivity contribution is 0.0993. The summed E-state index contributed by atoms with van der Waals surface area (Å²) in [5.74, 6) is 0.584. The second-order valence-corrected chi connectivity index (χ2v) is 5.74. The summed E-state index contributed by atoms with van der Waals surface area (Å²) in [5.41, 5.74) is 0. The van der Waals surface area contributed by atoms with E-state index in [2.05, 4.69) is 5.32 Å². The van der Waals surface area contributed by atoms with Gasteiger partial charge in [-0.15, -0.1) is 0 Å².